The van der Waals surface area contributed by atoms with Gasteiger partial charge in [0.25, 0.3) is 0 Å². The van der Waals surface area contributed by atoms with Crippen LogP contribution in [0.4, 0.5) is 0 Å². The number of hydrogen-bond acceptors (Lipinski definition) is 4. The normalized spacial score (nSPS) is 20.0. The molecule has 1 N–H and O–H groups in total. The highest BCUT2D eigenvalue weighted by atomic mass is 32.1. The van der Waals surface area contributed by atoms with Gasteiger partial charge in [0.05, 0.1) is 12.3 Å². The highest BCUT2D eigenvalue weighted by Crippen LogP contribution is 2.32. The van der Waals surface area contributed by atoms with Crippen LogP contribution in [0, 0.1) is 0 Å². The third kappa shape index (κ3) is 2.36. The van der Waals surface area contributed by atoms with Crippen molar-refractivity contribution in [2.45, 2.75) is 18.8 Å². The van der Waals surface area contributed by atoms with Crippen LogP contribution in [0.1, 0.15) is 23.6 Å². The van der Waals surface area contributed by atoms with E-state index in [0.717, 1.165) is 9.78 Å². The molecule has 1 saturated heterocycles. The van der Waals surface area contributed by atoms with Crippen molar-refractivity contribution in [1.29, 1.82) is 0 Å². The summed E-state index contributed by atoms with van der Waals surface area (Å²) in [6, 6.07) is 3.65. The van der Waals surface area contributed by atoms with E-state index in [-0.39, 0.29) is 31.2 Å². The first-order chi connectivity index (χ1) is 8.09. The van der Waals surface area contributed by atoms with Gasteiger partial charge in [0.1, 0.15) is 0 Å². The molecule has 0 saturated carbocycles. The fourth-order valence-electron chi connectivity index (χ4n) is 1.84. The molecule has 2 rings (SSSR count). The summed E-state index contributed by atoms with van der Waals surface area (Å²) in [5, 5.41) is 10.4. The lowest BCUT2D eigenvalue weighted by Crippen LogP contribution is -2.32. The average molecular weight is 253 g/mol. The van der Waals surface area contributed by atoms with Crippen LogP contribution in [0.3, 0.4) is 0 Å². The first-order valence-corrected chi connectivity index (χ1v) is 6.07. The molecule has 2 heterocycles. The number of nitrogens with zero attached hydrogens (tertiary/aromatic N) is 1. The van der Waals surface area contributed by atoms with Gasteiger partial charge in [-0.2, -0.15) is 0 Å². The van der Waals surface area contributed by atoms with E-state index in [4.69, 9.17) is 5.11 Å². The molecule has 2 amide bonds. The number of rotatable bonds is 4. The molecule has 1 unspecified atom stereocenters. The number of hydrogen-bond donors (Lipinski definition) is 1. The number of aliphatic carboxylic acids is 1. The smallest absolute Gasteiger partial charge is 0.305 e. The maximum atomic E-state index is 11.9. The molecule has 0 radical (unpaired) electrons. The third-order valence-electron chi connectivity index (χ3n) is 2.68. The molecule has 1 aromatic rings. The lowest BCUT2D eigenvalue weighted by Gasteiger charge is -2.12. The zero-order valence-electron chi connectivity index (χ0n) is 8.96. The van der Waals surface area contributed by atoms with Crippen LogP contribution in [0.15, 0.2) is 17.5 Å². The molecular formula is C11H11NO4S. The molecule has 5 nitrogen and oxygen atoms in total. The molecule has 90 valence electrons. The van der Waals surface area contributed by atoms with E-state index >= 15 is 0 Å². The summed E-state index contributed by atoms with van der Waals surface area (Å²) in [5.74, 6) is -1.99. The van der Waals surface area contributed by atoms with Gasteiger partial charge in [-0.1, -0.05) is 6.07 Å². The number of thiophene rings is 1. The Labute approximate surface area is 102 Å². The fraction of sp³-hybridized carbons (Fsp3) is 0.364. The van der Waals surface area contributed by atoms with Crippen LogP contribution in [-0.4, -0.2) is 34.3 Å². The highest BCUT2D eigenvalue weighted by Gasteiger charge is 2.39. The van der Waals surface area contributed by atoms with Gasteiger partial charge in [-0.05, 0) is 11.4 Å². The molecule has 0 aliphatic carbocycles. The van der Waals surface area contributed by atoms with E-state index in [2.05, 4.69) is 0 Å². The summed E-state index contributed by atoms with van der Waals surface area (Å²) in [7, 11) is 0. The van der Waals surface area contributed by atoms with Crippen LogP contribution in [-0.2, 0) is 14.4 Å². The minimum atomic E-state index is -1.01. The Kier molecular flexibility index (Phi) is 3.23. The van der Waals surface area contributed by atoms with Gasteiger partial charge in [-0.15, -0.1) is 11.3 Å². The maximum absolute atomic E-state index is 11.9. The van der Waals surface area contributed by atoms with Crippen molar-refractivity contribution in [3.63, 3.8) is 0 Å². The Balaban J connectivity index is 2.09. The number of carboxylic acids is 1. The molecule has 1 aliphatic rings. The number of amides is 2. The molecule has 1 aromatic heterocycles. The Morgan fingerprint density at radius 2 is 2.29 bits per heavy atom. The second kappa shape index (κ2) is 4.67. The Morgan fingerprint density at radius 3 is 2.88 bits per heavy atom. The lowest BCUT2D eigenvalue weighted by molar-refractivity contribution is -0.141. The van der Waals surface area contributed by atoms with Gasteiger partial charge >= 0.3 is 5.97 Å². The van der Waals surface area contributed by atoms with Crippen molar-refractivity contribution in [3.05, 3.63) is 22.4 Å². The van der Waals surface area contributed by atoms with Crippen LogP contribution < -0.4 is 0 Å². The van der Waals surface area contributed by atoms with Crippen molar-refractivity contribution in [2.75, 3.05) is 6.54 Å². The minimum Gasteiger partial charge on any atom is -0.481 e. The summed E-state index contributed by atoms with van der Waals surface area (Å²) in [4.78, 5) is 35.9. The molecule has 1 aliphatic heterocycles. The van der Waals surface area contributed by atoms with Gasteiger partial charge < -0.3 is 5.11 Å². The van der Waals surface area contributed by atoms with Crippen LogP contribution in [0.5, 0.6) is 0 Å². The quantitative estimate of drug-likeness (QED) is 0.814. The molecule has 17 heavy (non-hydrogen) atoms. The van der Waals surface area contributed by atoms with E-state index in [0.29, 0.717) is 0 Å². The predicted molar refractivity (Wildman–Crippen MR) is 60.6 cm³/mol. The number of carbonyl (C=O) groups is 3. The summed E-state index contributed by atoms with van der Waals surface area (Å²) < 4.78 is 0. The first-order valence-electron chi connectivity index (χ1n) is 5.19. The van der Waals surface area contributed by atoms with Gasteiger partial charge in [0.2, 0.25) is 11.8 Å². The molecule has 1 fully saturated rings. The number of carbonyl (C=O) groups excluding carboxylic acids is 2. The van der Waals surface area contributed by atoms with Gasteiger partial charge in [0.15, 0.2) is 0 Å². The topological polar surface area (TPSA) is 74.7 Å². The van der Waals surface area contributed by atoms with E-state index in [9.17, 15) is 14.4 Å². The van der Waals surface area contributed by atoms with Crippen molar-refractivity contribution in [1.82, 2.24) is 4.90 Å². The van der Waals surface area contributed by atoms with Crippen LogP contribution >= 0.6 is 11.3 Å². The molecule has 0 spiro atoms. The first kappa shape index (κ1) is 11.8. The Hall–Kier alpha value is -1.69. The molecular weight excluding hydrogens is 242 g/mol. The monoisotopic (exact) mass is 253 g/mol. The number of likely N-dealkylation sites (tertiary alicyclic amines) is 1. The molecule has 6 heteroatoms. The van der Waals surface area contributed by atoms with Crippen molar-refractivity contribution in [3.8, 4) is 0 Å². The van der Waals surface area contributed by atoms with Gasteiger partial charge in [0, 0.05) is 17.8 Å². The summed E-state index contributed by atoms with van der Waals surface area (Å²) in [5.41, 5.74) is 0. The largest absolute Gasteiger partial charge is 0.481 e. The van der Waals surface area contributed by atoms with Crippen molar-refractivity contribution < 1.29 is 19.5 Å². The summed E-state index contributed by atoms with van der Waals surface area (Å²) in [6.45, 7) is -0.0329. The van der Waals surface area contributed by atoms with Crippen molar-refractivity contribution in [2.24, 2.45) is 0 Å². The summed E-state index contributed by atoms with van der Waals surface area (Å²) >= 11 is 1.44. The van der Waals surface area contributed by atoms with Crippen molar-refractivity contribution >= 4 is 29.1 Å². The zero-order chi connectivity index (χ0) is 12.4. The predicted octanol–water partition coefficient (Wildman–Crippen LogP) is 1.07. The Morgan fingerprint density at radius 1 is 1.53 bits per heavy atom. The Bertz CT molecular complexity index is 454. The van der Waals surface area contributed by atoms with E-state index in [1.54, 1.807) is 0 Å². The highest BCUT2D eigenvalue weighted by molar-refractivity contribution is 7.10. The molecule has 0 bridgehead atoms. The second-order valence-corrected chi connectivity index (χ2v) is 4.78. The second-order valence-electron chi connectivity index (χ2n) is 3.80. The van der Waals surface area contributed by atoms with E-state index < -0.39 is 11.9 Å². The molecule has 0 aromatic carbocycles. The maximum Gasteiger partial charge on any atom is 0.305 e. The lowest BCUT2D eigenvalue weighted by atomic mass is 10.1. The summed E-state index contributed by atoms with van der Waals surface area (Å²) in [6.07, 6.45) is -0.0480. The van der Waals surface area contributed by atoms with Crippen LogP contribution in [0.25, 0.3) is 0 Å². The standard InChI is InChI=1S/C11H11NO4S/c13-9-6-7(8-2-1-5-17-8)11(16)12(9)4-3-10(14)15/h1-2,5,7H,3-4,6H2,(H,14,15). The van der Waals surface area contributed by atoms with E-state index in [1.807, 2.05) is 17.5 Å². The van der Waals surface area contributed by atoms with Gasteiger partial charge in [-0.25, -0.2) is 0 Å². The van der Waals surface area contributed by atoms with Gasteiger partial charge in [-0.3, -0.25) is 19.3 Å². The zero-order valence-corrected chi connectivity index (χ0v) is 9.77. The number of carboxylic acid groups (broad SMARTS) is 1. The average Bonchev–Trinajstić information content (AvgIpc) is 2.85. The van der Waals surface area contributed by atoms with E-state index in [1.165, 1.54) is 11.3 Å². The SMILES string of the molecule is O=C(O)CCN1C(=O)CC(c2cccs2)C1=O. The molecule has 1 atom stereocenters. The number of imide groups is 1. The fourth-order valence-corrected chi connectivity index (χ4v) is 2.66. The third-order valence-corrected chi connectivity index (χ3v) is 3.67. The minimum absolute atomic E-state index is 0.0329. The van der Waals surface area contributed by atoms with Crippen LogP contribution in [0.2, 0.25) is 0 Å².